The van der Waals surface area contributed by atoms with Crippen LogP contribution in [0.3, 0.4) is 0 Å². The van der Waals surface area contributed by atoms with Gasteiger partial charge in [-0.3, -0.25) is 0 Å². The first-order valence-corrected chi connectivity index (χ1v) is 5.27. The van der Waals surface area contributed by atoms with Gasteiger partial charge in [-0.2, -0.15) is 0 Å². The van der Waals surface area contributed by atoms with Gasteiger partial charge in [0, 0.05) is 12.6 Å². The number of hydrogen-bond donors (Lipinski definition) is 1. The Kier molecular flexibility index (Phi) is 4.32. The van der Waals surface area contributed by atoms with E-state index in [1.165, 1.54) is 0 Å². The van der Waals surface area contributed by atoms with E-state index < -0.39 is 0 Å². The van der Waals surface area contributed by atoms with Crippen LogP contribution in [-0.4, -0.2) is 16.5 Å². The van der Waals surface area contributed by atoms with Gasteiger partial charge in [0.15, 0.2) is 0 Å². The van der Waals surface area contributed by atoms with Crippen LogP contribution in [0, 0.1) is 0 Å². The topological polar surface area (TPSA) is 51.8 Å². The smallest absolute Gasteiger partial charge is 0.128 e. The molecule has 0 aliphatic rings. The van der Waals surface area contributed by atoms with Crippen LogP contribution in [0.5, 0.6) is 0 Å². The third kappa shape index (κ3) is 3.04. The zero-order valence-corrected chi connectivity index (χ0v) is 9.34. The summed E-state index contributed by atoms with van der Waals surface area (Å²) in [5.74, 6) is 0.898. The van der Waals surface area contributed by atoms with E-state index in [4.69, 9.17) is 5.73 Å². The SMILES string of the molecule is CCc1ncc(Br)c(CCCN)n1. The first-order valence-electron chi connectivity index (χ1n) is 4.48. The van der Waals surface area contributed by atoms with E-state index in [1.54, 1.807) is 0 Å². The van der Waals surface area contributed by atoms with Crippen molar-refractivity contribution in [1.29, 1.82) is 0 Å². The lowest BCUT2D eigenvalue weighted by Gasteiger charge is -2.03. The summed E-state index contributed by atoms with van der Waals surface area (Å²) in [6.07, 6.45) is 4.59. The highest BCUT2D eigenvalue weighted by atomic mass is 79.9. The van der Waals surface area contributed by atoms with Gasteiger partial charge in [0.05, 0.1) is 10.2 Å². The molecule has 72 valence electrons. The average Bonchev–Trinajstić information content (AvgIpc) is 2.17. The molecule has 0 atom stereocenters. The average molecular weight is 244 g/mol. The van der Waals surface area contributed by atoms with Crippen LogP contribution >= 0.6 is 15.9 Å². The molecular weight excluding hydrogens is 230 g/mol. The highest BCUT2D eigenvalue weighted by Gasteiger charge is 2.02. The van der Waals surface area contributed by atoms with Crippen LogP contribution in [0.15, 0.2) is 10.7 Å². The summed E-state index contributed by atoms with van der Waals surface area (Å²) in [6, 6.07) is 0. The van der Waals surface area contributed by atoms with E-state index in [-0.39, 0.29) is 0 Å². The Bertz CT molecular complexity index is 276. The van der Waals surface area contributed by atoms with Crippen molar-refractivity contribution < 1.29 is 0 Å². The van der Waals surface area contributed by atoms with Crippen LogP contribution in [0.2, 0.25) is 0 Å². The molecule has 2 N–H and O–H groups in total. The monoisotopic (exact) mass is 243 g/mol. The normalized spacial score (nSPS) is 10.4. The molecular formula is C9H14BrN3. The van der Waals surface area contributed by atoms with Crippen molar-refractivity contribution >= 4 is 15.9 Å². The Balaban J connectivity index is 2.78. The van der Waals surface area contributed by atoms with Gasteiger partial charge >= 0.3 is 0 Å². The minimum absolute atomic E-state index is 0.706. The zero-order chi connectivity index (χ0) is 9.68. The standard InChI is InChI=1S/C9H14BrN3/c1-2-9-12-6-7(10)8(13-9)4-3-5-11/h6H,2-5,11H2,1H3. The molecule has 1 aromatic rings. The number of hydrogen-bond acceptors (Lipinski definition) is 3. The molecule has 0 saturated heterocycles. The number of halogens is 1. The maximum atomic E-state index is 5.44. The lowest BCUT2D eigenvalue weighted by atomic mass is 10.2. The Morgan fingerprint density at radius 3 is 2.92 bits per heavy atom. The Hall–Kier alpha value is -0.480. The van der Waals surface area contributed by atoms with Gasteiger partial charge in [-0.1, -0.05) is 6.92 Å². The summed E-state index contributed by atoms with van der Waals surface area (Å²) in [5.41, 5.74) is 6.51. The van der Waals surface area contributed by atoms with Gasteiger partial charge in [0.1, 0.15) is 5.82 Å². The number of nitrogens with two attached hydrogens (primary N) is 1. The van der Waals surface area contributed by atoms with Crippen LogP contribution in [0.1, 0.15) is 24.9 Å². The first-order chi connectivity index (χ1) is 6.27. The largest absolute Gasteiger partial charge is 0.330 e. The van der Waals surface area contributed by atoms with Crippen molar-refractivity contribution in [2.45, 2.75) is 26.2 Å². The van der Waals surface area contributed by atoms with Crippen LogP contribution in [0.4, 0.5) is 0 Å². The molecule has 0 aliphatic heterocycles. The molecule has 0 fully saturated rings. The third-order valence-electron chi connectivity index (χ3n) is 1.80. The van der Waals surface area contributed by atoms with Crippen molar-refractivity contribution in [2.75, 3.05) is 6.54 Å². The van der Waals surface area contributed by atoms with E-state index in [0.717, 1.165) is 35.3 Å². The highest BCUT2D eigenvalue weighted by Crippen LogP contribution is 2.14. The van der Waals surface area contributed by atoms with Crippen molar-refractivity contribution in [3.63, 3.8) is 0 Å². The maximum absolute atomic E-state index is 5.44. The molecule has 0 spiro atoms. The number of aryl methyl sites for hydroxylation is 2. The summed E-state index contributed by atoms with van der Waals surface area (Å²) in [6.45, 7) is 2.76. The van der Waals surface area contributed by atoms with Crippen molar-refractivity contribution in [1.82, 2.24) is 9.97 Å². The van der Waals surface area contributed by atoms with Gasteiger partial charge < -0.3 is 5.73 Å². The Morgan fingerprint density at radius 2 is 2.31 bits per heavy atom. The van der Waals surface area contributed by atoms with Crippen LogP contribution in [0.25, 0.3) is 0 Å². The molecule has 0 aliphatic carbocycles. The predicted octanol–water partition coefficient (Wildman–Crippen LogP) is 1.69. The molecule has 4 heteroatoms. The molecule has 1 heterocycles. The molecule has 0 radical (unpaired) electrons. The van der Waals surface area contributed by atoms with E-state index in [1.807, 2.05) is 6.20 Å². The fourth-order valence-corrected chi connectivity index (χ4v) is 1.45. The van der Waals surface area contributed by atoms with Crippen molar-refractivity contribution in [3.8, 4) is 0 Å². The number of rotatable bonds is 4. The first kappa shape index (κ1) is 10.6. The summed E-state index contributed by atoms with van der Waals surface area (Å²) in [4.78, 5) is 8.59. The molecule has 0 saturated carbocycles. The van der Waals surface area contributed by atoms with E-state index in [0.29, 0.717) is 6.54 Å². The molecule has 1 aromatic heterocycles. The predicted molar refractivity (Wildman–Crippen MR) is 56.5 cm³/mol. The highest BCUT2D eigenvalue weighted by molar-refractivity contribution is 9.10. The molecule has 0 unspecified atom stereocenters. The molecule has 1 rings (SSSR count). The summed E-state index contributed by atoms with van der Waals surface area (Å²) >= 11 is 3.42. The fourth-order valence-electron chi connectivity index (χ4n) is 1.06. The van der Waals surface area contributed by atoms with E-state index >= 15 is 0 Å². The molecule has 0 amide bonds. The molecule has 0 aromatic carbocycles. The minimum Gasteiger partial charge on any atom is -0.330 e. The lowest BCUT2D eigenvalue weighted by Crippen LogP contribution is -2.04. The lowest BCUT2D eigenvalue weighted by molar-refractivity contribution is 0.783. The second-order valence-corrected chi connectivity index (χ2v) is 3.68. The summed E-state index contributed by atoms with van der Waals surface area (Å²) in [7, 11) is 0. The van der Waals surface area contributed by atoms with E-state index in [9.17, 15) is 0 Å². The number of aromatic nitrogens is 2. The Labute approximate surface area is 86.9 Å². The van der Waals surface area contributed by atoms with Gasteiger partial charge in [0.25, 0.3) is 0 Å². The van der Waals surface area contributed by atoms with Gasteiger partial charge in [-0.25, -0.2) is 9.97 Å². The molecule has 0 bridgehead atoms. The third-order valence-corrected chi connectivity index (χ3v) is 2.46. The van der Waals surface area contributed by atoms with Gasteiger partial charge in [-0.05, 0) is 35.3 Å². The van der Waals surface area contributed by atoms with Crippen LogP contribution < -0.4 is 5.73 Å². The minimum atomic E-state index is 0.706. The van der Waals surface area contributed by atoms with Gasteiger partial charge in [0.2, 0.25) is 0 Å². The van der Waals surface area contributed by atoms with Crippen molar-refractivity contribution in [2.24, 2.45) is 5.73 Å². The van der Waals surface area contributed by atoms with Crippen LogP contribution in [-0.2, 0) is 12.8 Å². The zero-order valence-electron chi connectivity index (χ0n) is 7.76. The maximum Gasteiger partial charge on any atom is 0.128 e. The van der Waals surface area contributed by atoms with E-state index in [2.05, 4.69) is 32.8 Å². The second-order valence-electron chi connectivity index (χ2n) is 2.83. The Morgan fingerprint density at radius 1 is 1.54 bits per heavy atom. The fraction of sp³-hybridized carbons (Fsp3) is 0.556. The molecule has 3 nitrogen and oxygen atoms in total. The number of nitrogens with zero attached hydrogens (tertiary/aromatic N) is 2. The second kappa shape index (κ2) is 5.29. The summed E-state index contributed by atoms with van der Waals surface area (Å²) in [5, 5.41) is 0. The summed E-state index contributed by atoms with van der Waals surface area (Å²) < 4.78 is 0.984. The quantitative estimate of drug-likeness (QED) is 0.876. The molecule has 13 heavy (non-hydrogen) atoms. The van der Waals surface area contributed by atoms with Gasteiger partial charge in [-0.15, -0.1) is 0 Å². The van der Waals surface area contributed by atoms with Crippen molar-refractivity contribution in [3.05, 3.63) is 22.2 Å².